The molecule has 2 atom stereocenters. The fourth-order valence-electron chi connectivity index (χ4n) is 3.06. The van der Waals surface area contributed by atoms with E-state index in [1.165, 1.54) is 4.88 Å². The fourth-order valence-corrected chi connectivity index (χ4v) is 4.10. The van der Waals surface area contributed by atoms with Crippen LogP contribution in [0.5, 0.6) is 0 Å². The number of guanidine groups is 1. The first-order valence-electron chi connectivity index (χ1n) is 7.62. The number of nitriles is 1. The highest BCUT2D eigenvalue weighted by Gasteiger charge is 2.37. The minimum Gasteiger partial charge on any atom is -0.346 e. The lowest BCUT2D eigenvalue weighted by Gasteiger charge is -2.44. The molecule has 1 saturated heterocycles. The normalized spacial score (nSPS) is 24.2. The molecule has 2 aromatic rings. The third kappa shape index (κ3) is 2.82. The van der Waals surface area contributed by atoms with Crippen molar-refractivity contribution in [2.75, 3.05) is 7.05 Å². The van der Waals surface area contributed by atoms with E-state index in [2.05, 4.69) is 36.7 Å². The Balaban J connectivity index is 1.92. The van der Waals surface area contributed by atoms with Gasteiger partial charge in [-0.15, -0.1) is 11.3 Å². The standard InChI is InChI=1S/C18H20N4S/c1-12-9-18(2,21-17(20)22(12)3)16-8-15(11-23-16)14-6-4-5-13(7-14)10-19/h4-8,11-12H,9H2,1-3H3,(H2,20,21)/t12?,18-/m0/s1. The molecule has 0 amide bonds. The molecule has 2 heterocycles. The minimum absolute atomic E-state index is 0.223. The summed E-state index contributed by atoms with van der Waals surface area (Å²) in [5, 5.41) is 22.7. The predicted octanol–water partition coefficient (Wildman–Crippen LogP) is 3.75. The van der Waals surface area contributed by atoms with Crippen LogP contribution in [0.4, 0.5) is 0 Å². The average Bonchev–Trinajstić information content (AvgIpc) is 3.03. The van der Waals surface area contributed by atoms with Gasteiger partial charge >= 0.3 is 0 Å². The van der Waals surface area contributed by atoms with Gasteiger partial charge in [-0.1, -0.05) is 12.1 Å². The van der Waals surface area contributed by atoms with Crippen LogP contribution in [0.3, 0.4) is 0 Å². The average molecular weight is 324 g/mol. The summed E-state index contributed by atoms with van der Waals surface area (Å²) in [6, 6.07) is 12.4. The molecule has 5 heteroatoms. The summed E-state index contributed by atoms with van der Waals surface area (Å²) in [5.41, 5.74) is 2.64. The molecule has 0 spiro atoms. The van der Waals surface area contributed by atoms with Crippen molar-refractivity contribution >= 4 is 17.3 Å². The van der Waals surface area contributed by atoms with E-state index in [0.717, 1.165) is 17.5 Å². The van der Waals surface area contributed by atoms with Crippen LogP contribution >= 0.6 is 11.3 Å². The molecule has 0 saturated carbocycles. The van der Waals surface area contributed by atoms with Crippen molar-refractivity contribution in [3.8, 4) is 17.2 Å². The zero-order valence-electron chi connectivity index (χ0n) is 13.6. The van der Waals surface area contributed by atoms with Crippen LogP contribution in [0.1, 0.15) is 30.7 Å². The van der Waals surface area contributed by atoms with Crippen molar-refractivity contribution in [2.45, 2.75) is 31.8 Å². The van der Waals surface area contributed by atoms with Crippen LogP contribution in [0, 0.1) is 16.7 Å². The first-order valence-corrected chi connectivity index (χ1v) is 8.50. The maximum atomic E-state index is 9.06. The van der Waals surface area contributed by atoms with E-state index in [-0.39, 0.29) is 5.54 Å². The Labute approximate surface area is 140 Å². The first-order chi connectivity index (χ1) is 10.9. The molecule has 1 fully saturated rings. The van der Waals surface area contributed by atoms with Crippen LogP contribution in [-0.4, -0.2) is 23.9 Å². The molecule has 0 radical (unpaired) electrons. The van der Waals surface area contributed by atoms with E-state index >= 15 is 0 Å². The predicted molar refractivity (Wildman–Crippen MR) is 94.5 cm³/mol. The summed E-state index contributed by atoms with van der Waals surface area (Å²) >= 11 is 1.71. The van der Waals surface area contributed by atoms with Crippen LogP contribution in [-0.2, 0) is 5.54 Å². The van der Waals surface area contributed by atoms with E-state index < -0.39 is 0 Å². The molecule has 118 valence electrons. The molecule has 1 aromatic heterocycles. The van der Waals surface area contributed by atoms with Crippen LogP contribution in [0.15, 0.2) is 35.7 Å². The van der Waals surface area contributed by atoms with Crippen molar-refractivity contribution in [3.63, 3.8) is 0 Å². The fraction of sp³-hybridized carbons (Fsp3) is 0.333. The van der Waals surface area contributed by atoms with Crippen molar-refractivity contribution in [1.29, 1.82) is 10.7 Å². The van der Waals surface area contributed by atoms with E-state index in [0.29, 0.717) is 17.6 Å². The van der Waals surface area contributed by atoms with Crippen molar-refractivity contribution in [1.82, 2.24) is 10.2 Å². The number of thiophene rings is 1. The summed E-state index contributed by atoms with van der Waals surface area (Å²) < 4.78 is 0. The van der Waals surface area contributed by atoms with Crippen molar-refractivity contribution < 1.29 is 0 Å². The molecule has 2 N–H and O–H groups in total. The lowest BCUT2D eigenvalue weighted by molar-refractivity contribution is 0.223. The van der Waals surface area contributed by atoms with Crippen molar-refractivity contribution in [2.24, 2.45) is 0 Å². The lowest BCUT2D eigenvalue weighted by atomic mass is 9.88. The van der Waals surface area contributed by atoms with Gasteiger partial charge in [-0.05, 0) is 55.0 Å². The zero-order valence-corrected chi connectivity index (χ0v) is 14.4. The van der Waals surface area contributed by atoms with E-state index in [1.54, 1.807) is 11.3 Å². The molecule has 1 aromatic carbocycles. The van der Waals surface area contributed by atoms with Gasteiger partial charge in [-0.25, -0.2) is 0 Å². The van der Waals surface area contributed by atoms with E-state index in [4.69, 9.17) is 10.7 Å². The number of hydrogen-bond donors (Lipinski definition) is 2. The highest BCUT2D eigenvalue weighted by Crippen LogP contribution is 2.37. The molecule has 0 bridgehead atoms. The lowest BCUT2D eigenvalue weighted by Crippen LogP contribution is -2.58. The molecule has 1 aliphatic rings. The molecule has 1 aliphatic heterocycles. The van der Waals surface area contributed by atoms with Gasteiger partial charge in [-0.3, -0.25) is 5.41 Å². The second-order valence-electron chi connectivity index (χ2n) is 6.36. The molecule has 3 rings (SSSR count). The third-order valence-electron chi connectivity index (χ3n) is 4.58. The first kappa shape index (κ1) is 15.6. The summed E-state index contributed by atoms with van der Waals surface area (Å²) in [6.45, 7) is 4.31. The Bertz CT molecular complexity index is 788. The molecule has 1 unspecified atom stereocenters. The second kappa shape index (κ2) is 5.71. The summed E-state index contributed by atoms with van der Waals surface area (Å²) in [6.07, 6.45) is 0.948. The summed E-state index contributed by atoms with van der Waals surface area (Å²) in [7, 11) is 1.95. The molecule has 23 heavy (non-hydrogen) atoms. The maximum absolute atomic E-state index is 9.06. The molecular formula is C18H20N4S. The van der Waals surface area contributed by atoms with Gasteiger partial charge in [0, 0.05) is 18.0 Å². The van der Waals surface area contributed by atoms with E-state index in [9.17, 15) is 0 Å². The third-order valence-corrected chi connectivity index (χ3v) is 5.77. The SMILES string of the molecule is CC1C[C@@](C)(c2cc(-c3cccc(C#N)c3)cs2)NC(=N)N1C. The molecular weight excluding hydrogens is 304 g/mol. The van der Waals surface area contributed by atoms with Gasteiger partial charge in [-0.2, -0.15) is 5.26 Å². The minimum atomic E-state index is -0.223. The van der Waals surface area contributed by atoms with Crippen LogP contribution < -0.4 is 5.32 Å². The molecule has 4 nitrogen and oxygen atoms in total. The van der Waals surface area contributed by atoms with Gasteiger partial charge < -0.3 is 10.2 Å². The number of rotatable bonds is 2. The van der Waals surface area contributed by atoms with Crippen LogP contribution in [0.25, 0.3) is 11.1 Å². The highest BCUT2D eigenvalue weighted by molar-refractivity contribution is 7.10. The number of benzene rings is 1. The second-order valence-corrected chi connectivity index (χ2v) is 7.27. The van der Waals surface area contributed by atoms with Gasteiger partial charge in [0.2, 0.25) is 0 Å². The smallest absolute Gasteiger partial charge is 0.191 e. The van der Waals surface area contributed by atoms with Crippen molar-refractivity contribution in [3.05, 3.63) is 46.2 Å². The Morgan fingerprint density at radius 3 is 2.87 bits per heavy atom. The quantitative estimate of drug-likeness (QED) is 0.884. The van der Waals surface area contributed by atoms with E-state index in [1.807, 2.05) is 36.2 Å². The highest BCUT2D eigenvalue weighted by atomic mass is 32.1. The Morgan fingerprint density at radius 1 is 1.39 bits per heavy atom. The largest absolute Gasteiger partial charge is 0.346 e. The van der Waals surface area contributed by atoms with Gasteiger partial charge in [0.25, 0.3) is 0 Å². The van der Waals surface area contributed by atoms with Gasteiger partial charge in [0.05, 0.1) is 17.2 Å². The Morgan fingerprint density at radius 2 is 2.17 bits per heavy atom. The summed E-state index contributed by atoms with van der Waals surface area (Å²) in [4.78, 5) is 3.19. The maximum Gasteiger partial charge on any atom is 0.191 e. The Kier molecular flexibility index (Phi) is 3.87. The zero-order chi connectivity index (χ0) is 16.6. The Hall–Kier alpha value is -2.32. The number of nitrogens with one attached hydrogen (secondary N) is 2. The van der Waals surface area contributed by atoms with Crippen LogP contribution in [0.2, 0.25) is 0 Å². The monoisotopic (exact) mass is 324 g/mol. The number of nitrogens with zero attached hydrogens (tertiary/aromatic N) is 2. The topological polar surface area (TPSA) is 62.9 Å². The molecule has 0 aliphatic carbocycles. The summed E-state index contributed by atoms with van der Waals surface area (Å²) in [5.74, 6) is 0.465. The number of hydrogen-bond acceptors (Lipinski definition) is 3. The van der Waals surface area contributed by atoms with Gasteiger partial charge in [0.15, 0.2) is 5.96 Å². The van der Waals surface area contributed by atoms with Gasteiger partial charge in [0.1, 0.15) is 0 Å².